The van der Waals surface area contributed by atoms with Crippen molar-refractivity contribution in [1.29, 1.82) is 0 Å². The first-order valence-corrected chi connectivity index (χ1v) is 7.53. The molecule has 2 heteroatoms. The summed E-state index contributed by atoms with van der Waals surface area (Å²) in [7, 11) is 0. The van der Waals surface area contributed by atoms with Gasteiger partial charge in [0.05, 0.1) is 0 Å². The van der Waals surface area contributed by atoms with Gasteiger partial charge < -0.3 is 5.73 Å². The predicted molar refractivity (Wildman–Crippen MR) is 90.1 cm³/mol. The highest BCUT2D eigenvalue weighted by molar-refractivity contribution is 14.0. The number of nitrogens with two attached hydrogens (primary N) is 1. The lowest BCUT2D eigenvalue weighted by Crippen LogP contribution is -2.13. The van der Waals surface area contributed by atoms with Crippen molar-refractivity contribution in [2.75, 3.05) is 0 Å². The molecule has 0 spiro atoms. The van der Waals surface area contributed by atoms with E-state index in [4.69, 9.17) is 5.73 Å². The first-order chi connectivity index (χ1) is 7.77. The van der Waals surface area contributed by atoms with Crippen LogP contribution in [0.1, 0.15) is 90.9 Å². The van der Waals surface area contributed by atoms with Crippen LogP contribution in [-0.4, -0.2) is 6.04 Å². The van der Waals surface area contributed by atoms with Gasteiger partial charge in [-0.05, 0) is 13.3 Å². The summed E-state index contributed by atoms with van der Waals surface area (Å²) in [6.07, 6.45) is 16.8. The summed E-state index contributed by atoms with van der Waals surface area (Å²) in [6, 6.07) is 0.401. The fourth-order valence-corrected chi connectivity index (χ4v) is 2.13. The fraction of sp³-hybridized carbons (Fsp3) is 1.00. The van der Waals surface area contributed by atoms with E-state index in [2.05, 4.69) is 13.8 Å². The summed E-state index contributed by atoms with van der Waals surface area (Å²) in [4.78, 5) is 0. The van der Waals surface area contributed by atoms with E-state index in [1.54, 1.807) is 0 Å². The smallest absolute Gasteiger partial charge is 0.00104 e. The highest BCUT2D eigenvalue weighted by Gasteiger charge is 1.95. The number of rotatable bonds is 12. The Morgan fingerprint density at radius 1 is 0.706 bits per heavy atom. The molecule has 106 valence electrons. The average molecular weight is 355 g/mol. The molecule has 0 aliphatic carbocycles. The highest BCUT2D eigenvalue weighted by atomic mass is 127. The molecule has 2 N–H and O–H groups in total. The summed E-state index contributed by atoms with van der Waals surface area (Å²) in [5.41, 5.74) is 5.71. The standard InChI is InChI=1S/C15H33N.HI/c1-3-4-5-6-7-8-9-10-11-12-13-14-15(2)16;/h15H,3-14,16H2,1-2H3;1H. The molecule has 0 fully saturated rings. The molecule has 0 saturated heterocycles. The van der Waals surface area contributed by atoms with Crippen LogP contribution in [0.4, 0.5) is 0 Å². The Kier molecular flexibility index (Phi) is 19.7. The molecule has 1 nitrogen and oxygen atoms in total. The SMILES string of the molecule is CCCCCCCCCCCCCC(C)N.I. The van der Waals surface area contributed by atoms with Crippen molar-refractivity contribution in [3.63, 3.8) is 0 Å². The first-order valence-electron chi connectivity index (χ1n) is 7.53. The summed E-state index contributed by atoms with van der Waals surface area (Å²) in [5, 5.41) is 0. The molecule has 0 rings (SSSR count). The topological polar surface area (TPSA) is 26.0 Å². The van der Waals surface area contributed by atoms with Crippen LogP contribution in [0.25, 0.3) is 0 Å². The van der Waals surface area contributed by atoms with Crippen molar-refractivity contribution >= 4 is 24.0 Å². The second-order valence-electron chi connectivity index (χ2n) is 5.30. The maximum absolute atomic E-state index is 5.71. The molecular formula is C15H34IN. The fourth-order valence-electron chi connectivity index (χ4n) is 2.13. The summed E-state index contributed by atoms with van der Waals surface area (Å²) >= 11 is 0. The zero-order valence-electron chi connectivity index (χ0n) is 12.0. The van der Waals surface area contributed by atoms with E-state index in [9.17, 15) is 0 Å². The number of hydrogen-bond donors (Lipinski definition) is 1. The predicted octanol–water partition coefficient (Wildman–Crippen LogP) is 5.65. The van der Waals surface area contributed by atoms with E-state index in [-0.39, 0.29) is 24.0 Å². The van der Waals surface area contributed by atoms with Gasteiger partial charge in [0.2, 0.25) is 0 Å². The van der Waals surface area contributed by atoms with Gasteiger partial charge in [-0.3, -0.25) is 0 Å². The third-order valence-corrected chi connectivity index (χ3v) is 3.26. The van der Waals surface area contributed by atoms with Crippen LogP contribution in [0.3, 0.4) is 0 Å². The largest absolute Gasteiger partial charge is 0.328 e. The van der Waals surface area contributed by atoms with Gasteiger partial charge in [0.25, 0.3) is 0 Å². The normalized spacial score (nSPS) is 12.2. The lowest BCUT2D eigenvalue weighted by atomic mass is 10.0. The Hall–Kier alpha value is 0.690. The van der Waals surface area contributed by atoms with Crippen LogP contribution in [0.15, 0.2) is 0 Å². The molecule has 1 atom stereocenters. The lowest BCUT2D eigenvalue weighted by Gasteiger charge is -2.04. The van der Waals surface area contributed by atoms with Gasteiger partial charge in [0, 0.05) is 6.04 Å². The molecule has 0 bridgehead atoms. The van der Waals surface area contributed by atoms with Crippen molar-refractivity contribution in [3.05, 3.63) is 0 Å². The van der Waals surface area contributed by atoms with Crippen molar-refractivity contribution in [2.45, 2.75) is 96.9 Å². The van der Waals surface area contributed by atoms with Gasteiger partial charge in [-0.15, -0.1) is 24.0 Å². The van der Waals surface area contributed by atoms with E-state index >= 15 is 0 Å². The number of hydrogen-bond acceptors (Lipinski definition) is 1. The first kappa shape index (κ1) is 20.0. The maximum atomic E-state index is 5.71. The summed E-state index contributed by atoms with van der Waals surface area (Å²) in [6.45, 7) is 4.39. The van der Waals surface area contributed by atoms with Crippen molar-refractivity contribution < 1.29 is 0 Å². The third-order valence-electron chi connectivity index (χ3n) is 3.26. The number of halogens is 1. The quantitative estimate of drug-likeness (QED) is 0.355. The van der Waals surface area contributed by atoms with E-state index < -0.39 is 0 Å². The lowest BCUT2D eigenvalue weighted by molar-refractivity contribution is 0.530. The maximum Gasteiger partial charge on any atom is 0.00104 e. The molecule has 0 aliphatic heterocycles. The van der Waals surface area contributed by atoms with Crippen LogP contribution in [0.2, 0.25) is 0 Å². The molecule has 1 unspecified atom stereocenters. The molecule has 0 radical (unpaired) electrons. The average Bonchev–Trinajstić information content (AvgIpc) is 2.25. The Bertz CT molecular complexity index is 126. The van der Waals surface area contributed by atoms with Crippen LogP contribution in [-0.2, 0) is 0 Å². The van der Waals surface area contributed by atoms with Crippen molar-refractivity contribution in [3.8, 4) is 0 Å². The molecule has 0 aromatic rings. The monoisotopic (exact) mass is 355 g/mol. The van der Waals surface area contributed by atoms with Crippen LogP contribution < -0.4 is 5.73 Å². The Labute approximate surface area is 126 Å². The van der Waals surface area contributed by atoms with Crippen molar-refractivity contribution in [2.24, 2.45) is 5.73 Å². The molecule has 0 heterocycles. The van der Waals surface area contributed by atoms with E-state index in [1.165, 1.54) is 77.0 Å². The number of unbranched alkanes of at least 4 members (excludes halogenated alkanes) is 10. The van der Waals surface area contributed by atoms with E-state index in [0.717, 1.165) is 0 Å². The summed E-state index contributed by atoms with van der Waals surface area (Å²) < 4.78 is 0. The molecule has 0 aromatic carbocycles. The van der Waals surface area contributed by atoms with Gasteiger partial charge in [-0.1, -0.05) is 77.6 Å². The Morgan fingerprint density at radius 2 is 1.06 bits per heavy atom. The molecular weight excluding hydrogens is 321 g/mol. The molecule has 0 saturated carbocycles. The molecule has 17 heavy (non-hydrogen) atoms. The second kappa shape index (κ2) is 16.7. The van der Waals surface area contributed by atoms with Gasteiger partial charge in [0.15, 0.2) is 0 Å². The van der Waals surface area contributed by atoms with Crippen molar-refractivity contribution in [1.82, 2.24) is 0 Å². The van der Waals surface area contributed by atoms with E-state index in [1.807, 2.05) is 0 Å². The van der Waals surface area contributed by atoms with E-state index in [0.29, 0.717) is 6.04 Å². The minimum atomic E-state index is 0. The third kappa shape index (κ3) is 19.2. The van der Waals surface area contributed by atoms with Crippen LogP contribution >= 0.6 is 24.0 Å². The van der Waals surface area contributed by atoms with Gasteiger partial charge in [-0.25, -0.2) is 0 Å². The minimum Gasteiger partial charge on any atom is -0.328 e. The van der Waals surface area contributed by atoms with Gasteiger partial charge >= 0.3 is 0 Å². The highest BCUT2D eigenvalue weighted by Crippen LogP contribution is 2.12. The summed E-state index contributed by atoms with van der Waals surface area (Å²) in [5.74, 6) is 0. The van der Waals surface area contributed by atoms with Crippen LogP contribution in [0.5, 0.6) is 0 Å². The Balaban J connectivity index is 0. The Morgan fingerprint density at radius 3 is 1.41 bits per heavy atom. The molecule has 0 aliphatic rings. The van der Waals surface area contributed by atoms with Gasteiger partial charge in [0.1, 0.15) is 0 Å². The zero-order chi connectivity index (χ0) is 12.1. The minimum absolute atomic E-state index is 0. The zero-order valence-corrected chi connectivity index (χ0v) is 14.4. The van der Waals surface area contributed by atoms with Crippen LogP contribution in [0, 0.1) is 0 Å². The molecule has 0 amide bonds. The molecule has 0 aromatic heterocycles. The second-order valence-corrected chi connectivity index (χ2v) is 5.30. The van der Waals surface area contributed by atoms with Gasteiger partial charge in [-0.2, -0.15) is 0 Å².